The van der Waals surface area contributed by atoms with Crippen molar-refractivity contribution < 1.29 is 9.53 Å². The van der Waals surface area contributed by atoms with Crippen LogP contribution in [0.1, 0.15) is 16.1 Å². The van der Waals surface area contributed by atoms with Crippen LogP contribution in [-0.4, -0.2) is 17.9 Å². The number of ether oxygens (including phenoxy) is 1. The van der Waals surface area contributed by atoms with Gasteiger partial charge in [0.25, 0.3) is 0 Å². The molecule has 3 nitrogen and oxygen atoms in total. The molecule has 2 rings (SSSR count). The van der Waals surface area contributed by atoms with E-state index < -0.39 is 0 Å². The largest absolute Gasteiger partial charge is 0.494 e. The number of halogens is 3. The molecule has 0 saturated heterocycles. The first-order valence-corrected chi connectivity index (χ1v) is 6.49. The summed E-state index contributed by atoms with van der Waals surface area (Å²) < 4.78 is 5.93. The lowest BCUT2D eigenvalue weighted by molar-refractivity contribution is 0.103. The van der Waals surface area contributed by atoms with Crippen LogP contribution in [-0.2, 0) is 0 Å². The van der Waals surface area contributed by atoms with Gasteiger partial charge in [-0.3, -0.25) is 4.79 Å². The van der Waals surface area contributed by atoms with Gasteiger partial charge >= 0.3 is 0 Å². The van der Waals surface area contributed by atoms with E-state index in [9.17, 15) is 4.79 Å². The Bertz CT molecular complexity index is 610. The molecule has 18 heavy (non-hydrogen) atoms. The van der Waals surface area contributed by atoms with Crippen LogP contribution in [0.25, 0.3) is 0 Å². The normalized spacial score (nSPS) is 10.4. The summed E-state index contributed by atoms with van der Waals surface area (Å²) in [5.41, 5.74) is 0.753. The highest BCUT2D eigenvalue weighted by Gasteiger charge is 2.19. The van der Waals surface area contributed by atoms with Gasteiger partial charge in [0, 0.05) is 15.7 Å². The minimum atomic E-state index is -0.234. The second-order valence-electron chi connectivity index (χ2n) is 3.53. The van der Waals surface area contributed by atoms with Gasteiger partial charge in [-0.1, -0.05) is 23.2 Å². The second kappa shape index (κ2) is 5.34. The van der Waals surface area contributed by atoms with E-state index in [-0.39, 0.29) is 5.78 Å². The molecule has 0 bridgehead atoms. The number of hydrogen-bond acceptors (Lipinski definition) is 2. The topological polar surface area (TPSA) is 42.1 Å². The molecular weight excluding hydrogens is 341 g/mol. The molecule has 2 aromatic rings. The number of hydrogen-bond donors (Lipinski definition) is 1. The molecule has 0 amide bonds. The first-order valence-electron chi connectivity index (χ1n) is 4.94. The minimum Gasteiger partial charge on any atom is -0.494 e. The average Bonchev–Trinajstić information content (AvgIpc) is 2.74. The molecule has 0 aliphatic heterocycles. The van der Waals surface area contributed by atoms with Gasteiger partial charge in [-0.2, -0.15) is 0 Å². The van der Waals surface area contributed by atoms with Crippen LogP contribution in [0.2, 0.25) is 10.0 Å². The molecule has 6 heteroatoms. The van der Waals surface area contributed by atoms with Crippen LogP contribution in [0.3, 0.4) is 0 Å². The Morgan fingerprint density at radius 2 is 2.06 bits per heavy atom. The van der Waals surface area contributed by atoms with Crippen molar-refractivity contribution in [2.75, 3.05) is 7.11 Å². The number of carbonyl (C=O) groups excluding carboxylic acids is 1. The molecule has 1 aromatic heterocycles. The van der Waals surface area contributed by atoms with E-state index in [4.69, 9.17) is 27.9 Å². The van der Waals surface area contributed by atoms with Crippen molar-refractivity contribution >= 4 is 44.9 Å². The highest BCUT2D eigenvalue weighted by molar-refractivity contribution is 9.10. The van der Waals surface area contributed by atoms with E-state index in [0.29, 0.717) is 27.1 Å². The van der Waals surface area contributed by atoms with Gasteiger partial charge in [0.1, 0.15) is 5.75 Å². The Morgan fingerprint density at radius 1 is 1.33 bits per heavy atom. The Balaban J connectivity index is 2.53. The molecule has 0 radical (unpaired) electrons. The number of carbonyl (C=O) groups is 1. The second-order valence-corrected chi connectivity index (χ2v) is 5.29. The fraction of sp³-hybridized carbons (Fsp3) is 0.0833. The summed E-state index contributed by atoms with van der Waals surface area (Å²) in [6.45, 7) is 0. The maximum atomic E-state index is 12.3. The molecule has 0 spiro atoms. The zero-order chi connectivity index (χ0) is 13.3. The Hall–Kier alpha value is -0.970. The van der Waals surface area contributed by atoms with Gasteiger partial charge in [-0.15, -0.1) is 0 Å². The maximum absolute atomic E-state index is 12.3. The summed E-state index contributed by atoms with van der Waals surface area (Å²) in [6, 6.07) is 4.74. The Morgan fingerprint density at radius 3 is 2.61 bits per heavy atom. The molecular formula is C12H8BrCl2NO2. The summed E-state index contributed by atoms with van der Waals surface area (Å²) in [5.74, 6) is 0.0822. The molecule has 1 N–H and O–H groups in total. The van der Waals surface area contributed by atoms with Crippen LogP contribution in [0.5, 0.6) is 5.75 Å². The van der Waals surface area contributed by atoms with Crippen molar-refractivity contribution in [3.63, 3.8) is 0 Å². The number of benzene rings is 1. The van der Waals surface area contributed by atoms with Crippen molar-refractivity contribution in [2.45, 2.75) is 0 Å². The lowest BCUT2D eigenvalue weighted by Crippen LogP contribution is -2.04. The average molecular weight is 349 g/mol. The molecule has 1 aromatic carbocycles. The number of H-pyrrole nitrogens is 1. The van der Waals surface area contributed by atoms with Gasteiger partial charge in [-0.25, -0.2) is 0 Å². The van der Waals surface area contributed by atoms with E-state index in [2.05, 4.69) is 20.9 Å². The van der Waals surface area contributed by atoms with Gasteiger partial charge in [0.2, 0.25) is 5.78 Å². The van der Waals surface area contributed by atoms with Crippen LogP contribution in [0.15, 0.2) is 28.9 Å². The SMILES string of the molecule is COc1c(Cl)cc(Cl)cc1C(=O)c1cc(Br)c[nH]1. The molecule has 1 heterocycles. The first kappa shape index (κ1) is 13.5. The summed E-state index contributed by atoms with van der Waals surface area (Å²) in [5, 5.41) is 0.689. The molecule has 0 fully saturated rings. The van der Waals surface area contributed by atoms with Crippen molar-refractivity contribution in [1.82, 2.24) is 4.98 Å². The predicted octanol–water partition coefficient (Wildman–Crippen LogP) is 4.32. The molecule has 0 unspecified atom stereocenters. The van der Waals surface area contributed by atoms with Gasteiger partial charge in [0.15, 0.2) is 0 Å². The standard InChI is InChI=1S/C12H8BrCl2NO2/c1-18-12-8(3-7(14)4-9(12)15)11(17)10-2-6(13)5-16-10/h2-5,16H,1H3. The van der Waals surface area contributed by atoms with Crippen molar-refractivity contribution in [3.05, 3.63) is 50.2 Å². The van der Waals surface area contributed by atoms with E-state index >= 15 is 0 Å². The number of nitrogens with one attached hydrogen (secondary N) is 1. The van der Waals surface area contributed by atoms with Gasteiger partial charge < -0.3 is 9.72 Å². The van der Waals surface area contributed by atoms with Crippen molar-refractivity contribution in [3.8, 4) is 5.75 Å². The number of rotatable bonds is 3. The zero-order valence-corrected chi connectivity index (χ0v) is 12.4. The first-order chi connectivity index (χ1) is 8.52. The van der Waals surface area contributed by atoms with Gasteiger partial charge in [-0.05, 0) is 34.1 Å². The predicted molar refractivity (Wildman–Crippen MR) is 74.9 cm³/mol. The van der Waals surface area contributed by atoms with Crippen molar-refractivity contribution in [1.29, 1.82) is 0 Å². The smallest absolute Gasteiger partial charge is 0.213 e. The lowest BCUT2D eigenvalue weighted by atomic mass is 10.1. The summed E-state index contributed by atoms with van der Waals surface area (Å²) in [6.07, 6.45) is 1.67. The number of methoxy groups -OCH3 is 1. The van der Waals surface area contributed by atoms with Crippen molar-refractivity contribution in [2.24, 2.45) is 0 Å². The molecule has 0 atom stereocenters. The summed E-state index contributed by atoms with van der Waals surface area (Å²) in [4.78, 5) is 15.2. The molecule has 0 aliphatic carbocycles. The third-order valence-corrected chi connectivity index (χ3v) is 3.31. The fourth-order valence-electron chi connectivity index (χ4n) is 1.58. The van der Waals surface area contributed by atoms with Crippen LogP contribution < -0.4 is 4.74 Å². The summed E-state index contributed by atoms with van der Waals surface area (Å²) >= 11 is 15.2. The highest BCUT2D eigenvalue weighted by atomic mass is 79.9. The molecule has 0 saturated carbocycles. The number of aromatic nitrogens is 1. The minimum absolute atomic E-state index is 0.234. The van der Waals surface area contributed by atoms with E-state index in [1.807, 2.05) is 0 Å². The van der Waals surface area contributed by atoms with Crippen LogP contribution >= 0.6 is 39.1 Å². The third kappa shape index (κ3) is 2.55. The van der Waals surface area contributed by atoms with E-state index in [1.54, 1.807) is 12.3 Å². The number of ketones is 1. The fourth-order valence-corrected chi connectivity index (χ4v) is 2.49. The maximum Gasteiger partial charge on any atom is 0.213 e. The Kier molecular flexibility index (Phi) is 4.00. The summed E-state index contributed by atoms with van der Waals surface area (Å²) in [7, 11) is 1.45. The quantitative estimate of drug-likeness (QED) is 0.839. The van der Waals surface area contributed by atoms with E-state index in [0.717, 1.165) is 4.47 Å². The van der Waals surface area contributed by atoms with Crippen LogP contribution in [0.4, 0.5) is 0 Å². The number of aromatic amines is 1. The molecule has 94 valence electrons. The Labute approximate surface area is 122 Å². The monoisotopic (exact) mass is 347 g/mol. The molecule has 0 aliphatic rings. The third-order valence-electron chi connectivity index (χ3n) is 2.35. The highest BCUT2D eigenvalue weighted by Crippen LogP contribution is 2.33. The lowest BCUT2D eigenvalue weighted by Gasteiger charge is -2.09. The zero-order valence-electron chi connectivity index (χ0n) is 9.26. The van der Waals surface area contributed by atoms with E-state index in [1.165, 1.54) is 19.2 Å². The van der Waals surface area contributed by atoms with Gasteiger partial charge in [0.05, 0.1) is 23.4 Å². The van der Waals surface area contributed by atoms with Crippen LogP contribution in [0, 0.1) is 0 Å².